The van der Waals surface area contributed by atoms with E-state index in [-0.39, 0.29) is 30.8 Å². The van der Waals surface area contributed by atoms with E-state index in [1.165, 1.54) is 0 Å². The molecule has 0 bridgehead atoms. The molecule has 2 aromatic carbocycles. The van der Waals surface area contributed by atoms with Crippen molar-refractivity contribution in [2.75, 3.05) is 18.1 Å². The summed E-state index contributed by atoms with van der Waals surface area (Å²) in [6.07, 6.45) is -0.560. The standard InChI is InChI=1S/C16H15ClN4O2.ClH/c17-10-6-4-9(5-7-10)13(8-22)23-12-3-1-2-11-14(12)15(18)21-16(19)20-11;/h1-7,13,22H,8H2,(H4,18,19,20,21);1H. The molecule has 3 rings (SSSR count). The van der Waals surface area contributed by atoms with Gasteiger partial charge in [-0.2, -0.15) is 4.98 Å². The lowest BCUT2D eigenvalue weighted by Gasteiger charge is -2.19. The van der Waals surface area contributed by atoms with Crippen LogP contribution < -0.4 is 16.2 Å². The van der Waals surface area contributed by atoms with Crippen molar-refractivity contribution < 1.29 is 9.84 Å². The summed E-state index contributed by atoms with van der Waals surface area (Å²) in [6, 6.07) is 12.4. The van der Waals surface area contributed by atoms with E-state index in [0.717, 1.165) is 5.56 Å². The van der Waals surface area contributed by atoms with Gasteiger partial charge in [0.2, 0.25) is 5.95 Å². The van der Waals surface area contributed by atoms with Crippen molar-refractivity contribution in [2.24, 2.45) is 0 Å². The van der Waals surface area contributed by atoms with Crippen molar-refractivity contribution in [3.8, 4) is 5.75 Å². The molecule has 1 heterocycles. The average molecular weight is 367 g/mol. The minimum atomic E-state index is -0.560. The third kappa shape index (κ3) is 3.62. The first-order chi connectivity index (χ1) is 11.1. The summed E-state index contributed by atoms with van der Waals surface area (Å²) in [5.74, 6) is 0.813. The van der Waals surface area contributed by atoms with Crippen LogP contribution >= 0.6 is 24.0 Å². The van der Waals surface area contributed by atoms with Crippen molar-refractivity contribution in [3.05, 3.63) is 53.1 Å². The zero-order valence-electron chi connectivity index (χ0n) is 12.5. The van der Waals surface area contributed by atoms with Crippen LogP contribution in [0.5, 0.6) is 5.75 Å². The maximum absolute atomic E-state index is 9.66. The number of nitrogens with two attached hydrogens (primary N) is 2. The van der Waals surface area contributed by atoms with Crippen molar-refractivity contribution in [3.63, 3.8) is 0 Å². The highest BCUT2D eigenvalue weighted by Gasteiger charge is 2.16. The van der Waals surface area contributed by atoms with Crippen LogP contribution in [0, 0.1) is 0 Å². The largest absolute Gasteiger partial charge is 0.482 e. The number of aromatic nitrogens is 2. The molecule has 6 nitrogen and oxygen atoms in total. The van der Waals surface area contributed by atoms with Crippen LogP contribution in [-0.2, 0) is 0 Å². The Labute approximate surface area is 149 Å². The number of nitrogen functional groups attached to an aromatic ring is 2. The molecule has 0 saturated carbocycles. The molecule has 0 saturated heterocycles. The van der Waals surface area contributed by atoms with Gasteiger partial charge in [0.05, 0.1) is 17.5 Å². The van der Waals surface area contributed by atoms with E-state index in [1.807, 2.05) is 0 Å². The molecule has 8 heteroatoms. The van der Waals surface area contributed by atoms with Gasteiger partial charge < -0.3 is 21.3 Å². The van der Waals surface area contributed by atoms with Gasteiger partial charge in [0.15, 0.2) is 0 Å². The summed E-state index contributed by atoms with van der Waals surface area (Å²) in [6.45, 7) is -0.201. The molecule has 1 unspecified atom stereocenters. The second-order valence-electron chi connectivity index (χ2n) is 4.96. The summed E-state index contributed by atoms with van der Waals surface area (Å²) in [7, 11) is 0. The van der Waals surface area contributed by atoms with Crippen molar-refractivity contribution in [1.29, 1.82) is 0 Å². The van der Waals surface area contributed by atoms with Gasteiger partial charge in [0.1, 0.15) is 17.7 Å². The Hall–Kier alpha value is -2.28. The van der Waals surface area contributed by atoms with Gasteiger partial charge in [-0.1, -0.05) is 29.8 Å². The molecule has 1 atom stereocenters. The number of anilines is 2. The van der Waals surface area contributed by atoms with E-state index in [4.69, 9.17) is 27.8 Å². The highest BCUT2D eigenvalue weighted by molar-refractivity contribution is 6.30. The monoisotopic (exact) mass is 366 g/mol. The van der Waals surface area contributed by atoms with Crippen LogP contribution in [0.25, 0.3) is 10.9 Å². The molecule has 3 aromatic rings. The fourth-order valence-corrected chi connectivity index (χ4v) is 2.46. The number of halogens is 2. The topological polar surface area (TPSA) is 107 Å². The van der Waals surface area contributed by atoms with E-state index in [9.17, 15) is 5.11 Å². The number of hydrogen-bond donors (Lipinski definition) is 3. The molecule has 5 N–H and O–H groups in total. The molecule has 1 aromatic heterocycles. The second kappa shape index (κ2) is 7.53. The molecule has 0 aliphatic heterocycles. The average Bonchev–Trinajstić information content (AvgIpc) is 2.53. The van der Waals surface area contributed by atoms with Gasteiger partial charge in [-0.05, 0) is 29.8 Å². The predicted octanol–water partition coefficient (Wildman–Crippen LogP) is 2.98. The van der Waals surface area contributed by atoms with Crippen LogP contribution in [0.1, 0.15) is 11.7 Å². The number of nitrogens with zero attached hydrogens (tertiary/aromatic N) is 2. The molecule has 0 fully saturated rings. The lowest BCUT2D eigenvalue weighted by molar-refractivity contribution is 0.118. The Morgan fingerprint density at radius 1 is 1.08 bits per heavy atom. The second-order valence-corrected chi connectivity index (χ2v) is 5.39. The number of benzene rings is 2. The summed E-state index contributed by atoms with van der Waals surface area (Å²) in [5, 5.41) is 10.8. The highest BCUT2D eigenvalue weighted by atomic mass is 35.5. The molecule has 24 heavy (non-hydrogen) atoms. The summed E-state index contributed by atoms with van der Waals surface area (Å²) < 4.78 is 5.93. The summed E-state index contributed by atoms with van der Waals surface area (Å²) in [5.41, 5.74) is 12.9. The Balaban J connectivity index is 0.00000208. The smallest absolute Gasteiger partial charge is 0.222 e. The Morgan fingerprint density at radius 3 is 2.46 bits per heavy atom. The quantitative estimate of drug-likeness (QED) is 0.654. The fourth-order valence-electron chi connectivity index (χ4n) is 2.34. The first kappa shape index (κ1) is 18.1. The minimum absolute atomic E-state index is 0. The zero-order valence-corrected chi connectivity index (χ0v) is 14.1. The van der Waals surface area contributed by atoms with Gasteiger partial charge in [-0.15, -0.1) is 12.4 Å². The Morgan fingerprint density at radius 2 is 1.79 bits per heavy atom. The van der Waals surface area contributed by atoms with Crippen molar-refractivity contribution in [2.45, 2.75) is 6.10 Å². The predicted molar refractivity (Wildman–Crippen MR) is 97.5 cm³/mol. The van der Waals surface area contributed by atoms with E-state index < -0.39 is 6.10 Å². The molecular formula is C16H16Cl2N4O2. The van der Waals surface area contributed by atoms with Crippen LogP contribution in [0.2, 0.25) is 5.02 Å². The van der Waals surface area contributed by atoms with Gasteiger partial charge in [0, 0.05) is 5.02 Å². The van der Waals surface area contributed by atoms with Crippen LogP contribution in [0.4, 0.5) is 11.8 Å². The third-order valence-corrected chi connectivity index (χ3v) is 3.66. The number of ether oxygens (including phenoxy) is 1. The van der Waals surface area contributed by atoms with Crippen LogP contribution in [-0.4, -0.2) is 21.7 Å². The number of fused-ring (bicyclic) bond motifs is 1. The number of aliphatic hydroxyl groups is 1. The molecule has 0 amide bonds. The summed E-state index contributed by atoms with van der Waals surface area (Å²) in [4.78, 5) is 8.11. The number of aliphatic hydroxyl groups excluding tert-OH is 1. The van der Waals surface area contributed by atoms with Gasteiger partial charge in [-0.25, -0.2) is 4.98 Å². The highest BCUT2D eigenvalue weighted by Crippen LogP contribution is 2.32. The maximum atomic E-state index is 9.66. The Bertz CT molecular complexity index is 843. The van der Waals surface area contributed by atoms with E-state index >= 15 is 0 Å². The fraction of sp³-hybridized carbons (Fsp3) is 0.125. The van der Waals surface area contributed by atoms with E-state index in [2.05, 4.69) is 9.97 Å². The lowest BCUT2D eigenvalue weighted by Crippen LogP contribution is -2.12. The zero-order chi connectivity index (χ0) is 16.4. The molecular weight excluding hydrogens is 351 g/mol. The summed E-state index contributed by atoms with van der Waals surface area (Å²) >= 11 is 5.89. The van der Waals surface area contributed by atoms with E-state index in [0.29, 0.717) is 21.7 Å². The van der Waals surface area contributed by atoms with Gasteiger partial charge >= 0.3 is 0 Å². The molecule has 0 aliphatic carbocycles. The normalized spacial score (nSPS) is 11.8. The first-order valence-corrected chi connectivity index (χ1v) is 7.31. The molecule has 0 aliphatic rings. The SMILES string of the molecule is Cl.Nc1nc(N)c2c(OC(CO)c3ccc(Cl)cc3)cccc2n1. The number of hydrogen-bond acceptors (Lipinski definition) is 6. The van der Waals surface area contributed by atoms with Crippen LogP contribution in [0.15, 0.2) is 42.5 Å². The molecule has 126 valence electrons. The third-order valence-electron chi connectivity index (χ3n) is 3.41. The number of rotatable bonds is 4. The van der Waals surface area contributed by atoms with Crippen molar-refractivity contribution >= 4 is 46.7 Å². The first-order valence-electron chi connectivity index (χ1n) is 6.93. The lowest BCUT2D eigenvalue weighted by atomic mass is 10.1. The van der Waals surface area contributed by atoms with Crippen LogP contribution in [0.3, 0.4) is 0 Å². The van der Waals surface area contributed by atoms with E-state index in [1.54, 1.807) is 42.5 Å². The van der Waals surface area contributed by atoms with Gasteiger partial charge in [-0.3, -0.25) is 0 Å². The van der Waals surface area contributed by atoms with Crippen molar-refractivity contribution in [1.82, 2.24) is 9.97 Å². The minimum Gasteiger partial charge on any atom is -0.482 e. The molecule has 0 radical (unpaired) electrons. The van der Waals surface area contributed by atoms with Gasteiger partial charge in [0.25, 0.3) is 0 Å². The Kier molecular flexibility index (Phi) is 5.66. The molecule has 0 spiro atoms. The maximum Gasteiger partial charge on any atom is 0.222 e.